The summed E-state index contributed by atoms with van der Waals surface area (Å²) in [5.74, 6) is -0.124. The van der Waals surface area contributed by atoms with Crippen LogP contribution in [0.2, 0.25) is 0 Å². The summed E-state index contributed by atoms with van der Waals surface area (Å²) in [6.07, 6.45) is 3.10. The number of hydrogen-bond donors (Lipinski definition) is 2. The first kappa shape index (κ1) is 12.8. The van der Waals surface area contributed by atoms with E-state index in [9.17, 15) is 4.79 Å². The lowest BCUT2D eigenvalue weighted by Gasteiger charge is -2.40. The summed E-state index contributed by atoms with van der Waals surface area (Å²) in [7, 11) is 1.68. The van der Waals surface area contributed by atoms with Crippen LogP contribution in [0.15, 0.2) is 6.07 Å². The van der Waals surface area contributed by atoms with E-state index in [1.807, 2.05) is 0 Å². The second-order valence-corrected chi connectivity index (χ2v) is 4.68. The third kappa shape index (κ3) is 2.59. The number of rotatable bonds is 4. The highest BCUT2D eigenvalue weighted by Crippen LogP contribution is 2.34. The zero-order valence-electron chi connectivity index (χ0n) is 10.7. The summed E-state index contributed by atoms with van der Waals surface area (Å²) < 4.78 is 5.44. The van der Waals surface area contributed by atoms with Gasteiger partial charge in [-0.25, -0.2) is 9.97 Å². The van der Waals surface area contributed by atoms with Gasteiger partial charge < -0.3 is 15.8 Å². The molecular formula is C12H18N4O2. The van der Waals surface area contributed by atoms with Crippen LogP contribution in [0.3, 0.4) is 0 Å². The topological polar surface area (TPSA) is 90.1 Å². The third-order valence-electron chi connectivity index (χ3n) is 3.37. The lowest BCUT2D eigenvalue weighted by atomic mass is 9.80. The van der Waals surface area contributed by atoms with Gasteiger partial charge in [0.2, 0.25) is 5.95 Å². The molecule has 6 heteroatoms. The molecule has 0 aromatic carbocycles. The van der Waals surface area contributed by atoms with Crippen LogP contribution >= 0.6 is 0 Å². The van der Waals surface area contributed by atoms with Gasteiger partial charge in [-0.2, -0.15) is 0 Å². The number of nitrogen functional groups attached to an aromatic ring is 1. The molecule has 0 saturated heterocycles. The zero-order valence-corrected chi connectivity index (χ0v) is 10.7. The van der Waals surface area contributed by atoms with E-state index in [1.165, 1.54) is 0 Å². The minimum absolute atomic E-state index is 0.116. The van der Waals surface area contributed by atoms with E-state index in [4.69, 9.17) is 10.5 Å². The molecule has 1 heterocycles. The summed E-state index contributed by atoms with van der Waals surface area (Å²) in [5, 5.41) is 2.84. The molecule has 18 heavy (non-hydrogen) atoms. The highest BCUT2D eigenvalue weighted by molar-refractivity contribution is 5.92. The molecule has 0 spiro atoms. The maximum atomic E-state index is 11.9. The van der Waals surface area contributed by atoms with Crippen molar-refractivity contribution >= 4 is 11.9 Å². The number of anilines is 1. The van der Waals surface area contributed by atoms with Crippen molar-refractivity contribution in [2.45, 2.75) is 31.8 Å². The summed E-state index contributed by atoms with van der Waals surface area (Å²) in [6.45, 7) is 2.28. The molecule has 0 aliphatic heterocycles. The van der Waals surface area contributed by atoms with Crippen LogP contribution in [0.25, 0.3) is 0 Å². The van der Waals surface area contributed by atoms with Gasteiger partial charge in [-0.05, 0) is 32.3 Å². The lowest BCUT2D eigenvalue weighted by molar-refractivity contribution is -0.0679. The van der Waals surface area contributed by atoms with Crippen molar-refractivity contribution in [3.63, 3.8) is 0 Å². The highest BCUT2D eigenvalue weighted by Gasteiger charge is 2.37. The molecule has 1 aromatic rings. The molecule has 0 atom stereocenters. The van der Waals surface area contributed by atoms with E-state index in [2.05, 4.69) is 15.3 Å². The molecule has 6 nitrogen and oxygen atoms in total. The van der Waals surface area contributed by atoms with E-state index < -0.39 is 0 Å². The second kappa shape index (κ2) is 4.89. The minimum atomic E-state index is -0.240. The molecule has 1 fully saturated rings. The number of nitrogens with two attached hydrogens (primary N) is 1. The Morgan fingerprint density at radius 1 is 1.56 bits per heavy atom. The van der Waals surface area contributed by atoms with Crippen LogP contribution in [-0.2, 0) is 4.74 Å². The highest BCUT2D eigenvalue weighted by atomic mass is 16.5. The number of ether oxygens (including phenoxy) is 1. The van der Waals surface area contributed by atoms with Crippen LogP contribution in [0.4, 0.5) is 5.95 Å². The second-order valence-electron chi connectivity index (χ2n) is 4.68. The average Bonchev–Trinajstić information content (AvgIpc) is 2.26. The van der Waals surface area contributed by atoms with Gasteiger partial charge in [-0.15, -0.1) is 0 Å². The number of aromatic nitrogens is 2. The molecule has 3 N–H and O–H groups in total. The Labute approximate surface area is 106 Å². The number of nitrogens with zero attached hydrogens (tertiary/aromatic N) is 2. The van der Waals surface area contributed by atoms with Crippen molar-refractivity contribution in [3.8, 4) is 0 Å². The van der Waals surface area contributed by atoms with Crippen molar-refractivity contribution in [3.05, 3.63) is 17.5 Å². The van der Waals surface area contributed by atoms with Crippen molar-refractivity contribution < 1.29 is 9.53 Å². The number of aryl methyl sites for hydroxylation is 1. The van der Waals surface area contributed by atoms with E-state index in [-0.39, 0.29) is 17.5 Å². The van der Waals surface area contributed by atoms with Gasteiger partial charge in [0, 0.05) is 19.3 Å². The standard InChI is InChI=1S/C12H18N4O2/c1-8-6-9(16-11(13)15-8)10(17)14-7-12(18-2)4-3-5-12/h6H,3-5,7H2,1-2H3,(H,14,17)(H2,13,15,16). The van der Waals surface area contributed by atoms with Gasteiger partial charge in [-0.1, -0.05) is 0 Å². The Bertz CT molecular complexity index is 432. The SMILES string of the molecule is COC1(CNC(=O)c2cc(C)nc(N)n2)CCC1. The number of nitrogens with one attached hydrogen (secondary N) is 1. The fourth-order valence-electron chi connectivity index (χ4n) is 2.06. The lowest BCUT2D eigenvalue weighted by Crippen LogP contribution is -2.49. The predicted molar refractivity (Wildman–Crippen MR) is 67.1 cm³/mol. The molecule has 1 aliphatic carbocycles. The fourth-order valence-corrected chi connectivity index (χ4v) is 2.06. The van der Waals surface area contributed by atoms with Gasteiger partial charge in [0.05, 0.1) is 5.60 Å². The smallest absolute Gasteiger partial charge is 0.270 e. The molecule has 0 bridgehead atoms. The van der Waals surface area contributed by atoms with E-state index >= 15 is 0 Å². The number of amides is 1. The average molecular weight is 250 g/mol. The van der Waals surface area contributed by atoms with Crippen molar-refractivity contribution in [2.24, 2.45) is 0 Å². The van der Waals surface area contributed by atoms with Gasteiger partial charge >= 0.3 is 0 Å². The van der Waals surface area contributed by atoms with Gasteiger partial charge in [-0.3, -0.25) is 4.79 Å². The van der Waals surface area contributed by atoms with Crippen LogP contribution in [0.1, 0.15) is 35.4 Å². The molecule has 98 valence electrons. The Morgan fingerprint density at radius 2 is 2.28 bits per heavy atom. The molecule has 1 aliphatic rings. The van der Waals surface area contributed by atoms with Crippen LogP contribution in [-0.4, -0.2) is 35.1 Å². The maximum Gasteiger partial charge on any atom is 0.270 e. The fraction of sp³-hybridized carbons (Fsp3) is 0.583. The van der Waals surface area contributed by atoms with Crippen molar-refractivity contribution in [2.75, 3.05) is 19.4 Å². The maximum absolute atomic E-state index is 11.9. The first-order valence-electron chi connectivity index (χ1n) is 5.99. The Hall–Kier alpha value is -1.69. The first-order chi connectivity index (χ1) is 8.54. The number of methoxy groups -OCH3 is 1. The third-order valence-corrected chi connectivity index (χ3v) is 3.37. The van der Waals surface area contributed by atoms with E-state index in [1.54, 1.807) is 20.1 Å². The minimum Gasteiger partial charge on any atom is -0.376 e. The summed E-state index contributed by atoms with van der Waals surface area (Å²) in [5.41, 5.74) is 6.30. The largest absolute Gasteiger partial charge is 0.376 e. The molecular weight excluding hydrogens is 232 g/mol. The predicted octanol–water partition coefficient (Wildman–Crippen LogP) is 0.666. The van der Waals surface area contributed by atoms with Crippen LogP contribution in [0.5, 0.6) is 0 Å². The summed E-state index contributed by atoms with van der Waals surface area (Å²) in [6, 6.07) is 1.62. The number of hydrogen-bond acceptors (Lipinski definition) is 5. The van der Waals surface area contributed by atoms with E-state index in [0.29, 0.717) is 17.9 Å². The first-order valence-corrected chi connectivity index (χ1v) is 5.99. The molecule has 1 aromatic heterocycles. The normalized spacial score (nSPS) is 17.0. The Morgan fingerprint density at radius 3 is 2.78 bits per heavy atom. The molecule has 0 unspecified atom stereocenters. The molecule has 2 rings (SSSR count). The number of carbonyl (C=O) groups is 1. The summed E-state index contributed by atoms with van der Waals surface area (Å²) >= 11 is 0. The number of carbonyl (C=O) groups excluding carboxylic acids is 1. The van der Waals surface area contributed by atoms with Crippen molar-refractivity contribution in [1.29, 1.82) is 0 Å². The van der Waals surface area contributed by atoms with Crippen molar-refractivity contribution in [1.82, 2.24) is 15.3 Å². The molecule has 1 amide bonds. The van der Waals surface area contributed by atoms with Crippen LogP contribution in [0, 0.1) is 6.92 Å². The molecule has 1 saturated carbocycles. The molecule has 0 radical (unpaired) electrons. The van der Waals surface area contributed by atoms with Crippen LogP contribution < -0.4 is 11.1 Å². The monoisotopic (exact) mass is 250 g/mol. The zero-order chi connectivity index (χ0) is 13.2. The van der Waals surface area contributed by atoms with E-state index in [0.717, 1.165) is 19.3 Å². The summed E-state index contributed by atoms with van der Waals surface area (Å²) in [4.78, 5) is 19.8. The Kier molecular flexibility index (Phi) is 3.47. The van der Waals surface area contributed by atoms with Gasteiger partial charge in [0.1, 0.15) is 5.69 Å². The Balaban J connectivity index is 1.99. The van der Waals surface area contributed by atoms with Gasteiger partial charge in [0.25, 0.3) is 5.91 Å². The van der Waals surface area contributed by atoms with Gasteiger partial charge in [0.15, 0.2) is 0 Å². The quantitative estimate of drug-likeness (QED) is 0.819.